The summed E-state index contributed by atoms with van der Waals surface area (Å²) in [5, 5.41) is 15.7. The monoisotopic (exact) mass is 329 g/mol. The van der Waals surface area contributed by atoms with Crippen LogP contribution < -0.4 is 5.32 Å². The number of carbonyl (C=O) groups is 1. The van der Waals surface area contributed by atoms with E-state index in [2.05, 4.69) is 27.0 Å². The van der Waals surface area contributed by atoms with E-state index in [1.807, 2.05) is 43.2 Å². The van der Waals surface area contributed by atoms with Crippen LogP contribution >= 0.6 is 11.3 Å². The normalized spacial score (nSPS) is 12.3. The standard InChI is InChI=1S/C16H19N5OS/c1-11-15(12(2)20(3)19-11)16(22)17-9-14(13-5-8-23-10-13)21-7-4-6-18-21/h4-8,10,14H,9H2,1-3H3,(H,17,22)/t14-/m0/s1. The Hall–Kier alpha value is -2.41. The third-order valence-corrected chi connectivity index (χ3v) is 4.67. The molecule has 7 heteroatoms. The van der Waals surface area contributed by atoms with Crippen LogP contribution in [0.3, 0.4) is 0 Å². The number of nitrogens with one attached hydrogen (secondary N) is 1. The minimum Gasteiger partial charge on any atom is -0.349 e. The summed E-state index contributed by atoms with van der Waals surface area (Å²) in [7, 11) is 1.84. The highest BCUT2D eigenvalue weighted by atomic mass is 32.1. The fourth-order valence-electron chi connectivity index (χ4n) is 2.67. The Balaban J connectivity index is 1.78. The van der Waals surface area contributed by atoms with Crippen molar-refractivity contribution in [1.82, 2.24) is 24.9 Å². The van der Waals surface area contributed by atoms with Gasteiger partial charge in [0, 0.05) is 31.7 Å². The van der Waals surface area contributed by atoms with Crippen molar-refractivity contribution in [2.45, 2.75) is 19.9 Å². The Morgan fingerprint density at radius 1 is 1.43 bits per heavy atom. The lowest BCUT2D eigenvalue weighted by molar-refractivity contribution is 0.0948. The molecule has 1 N–H and O–H groups in total. The van der Waals surface area contributed by atoms with Crippen molar-refractivity contribution in [3.8, 4) is 0 Å². The van der Waals surface area contributed by atoms with Gasteiger partial charge in [0.2, 0.25) is 0 Å². The van der Waals surface area contributed by atoms with E-state index in [0.29, 0.717) is 12.1 Å². The maximum Gasteiger partial charge on any atom is 0.255 e. The molecule has 3 heterocycles. The van der Waals surface area contributed by atoms with Gasteiger partial charge in [-0.2, -0.15) is 21.5 Å². The Morgan fingerprint density at radius 2 is 2.26 bits per heavy atom. The number of rotatable bonds is 5. The van der Waals surface area contributed by atoms with E-state index >= 15 is 0 Å². The topological polar surface area (TPSA) is 64.7 Å². The molecule has 0 bridgehead atoms. The highest BCUT2D eigenvalue weighted by Gasteiger charge is 2.20. The molecule has 0 radical (unpaired) electrons. The Kier molecular flexibility index (Phi) is 4.29. The van der Waals surface area contributed by atoms with Crippen molar-refractivity contribution in [2.24, 2.45) is 7.05 Å². The zero-order valence-corrected chi connectivity index (χ0v) is 14.2. The maximum atomic E-state index is 12.6. The van der Waals surface area contributed by atoms with E-state index in [1.54, 1.807) is 22.2 Å². The lowest BCUT2D eigenvalue weighted by atomic mass is 10.1. The lowest BCUT2D eigenvalue weighted by Crippen LogP contribution is -2.32. The third kappa shape index (κ3) is 3.05. The van der Waals surface area contributed by atoms with Gasteiger partial charge in [-0.3, -0.25) is 14.2 Å². The van der Waals surface area contributed by atoms with Crippen molar-refractivity contribution in [2.75, 3.05) is 6.54 Å². The first-order chi connectivity index (χ1) is 11.1. The second-order valence-corrected chi connectivity index (χ2v) is 6.22. The first kappa shape index (κ1) is 15.5. The summed E-state index contributed by atoms with van der Waals surface area (Å²) in [6.45, 7) is 4.23. The second kappa shape index (κ2) is 6.37. The SMILES string of the molecule is Cc1nn(C)c(C)c1C(=O)NC[C@@H](c1ccsc1)n1cccn1. The molecule has 3 aromatic rings. The number of hydrogen-bond acceptors (Lipinski definition) is 4. The number of thiophene rings is 1. The van der Waals surface area contributed by atoms with E-state index in [1.165, 1.54) is 0 Å². The molecule has 0 aliphatic carbocycles. The molecular formula is C16H19N5OS. The van der Waals surface area contributed by atoms with Gasteiger partial charge >= 0.3 is 0 Å². The third-order valence-electron chi connectivity index (χ3n) is 3.96. The summed E-state index contributed by atoms with van der Waals surface area (Å²) >= 11 is 1.64. The van der Waals surface area contributed by atoms with E-state index < -0.39 is 0 Å². The van der Waals surface area contributed by atoms with Crippen LogP contribution in [0, 0.1) is 13.8 Å². The zero-order valence-electron chi connectivity index (χ0n) is 13.4. The molecule has 0 saturated heterocycles. The smallest absolute Gasteiger partial charge is 0.255 e. The molecule has 0 aromatic carbocycles. The molecule has 120 valence electrons. The minimum atomic E-state index is -0.0968. The molecule has 23 heavy (non-hydrogen) atoms. The summed E-state index contributed by atoms with van der Waals surface area (Å²) in [6.07, 6.45) is 3.66. The quantitative estimate of drug-likeness (QED) is 0.781. The fraction of sp³-hybridized carbons (Fsp3) is 0.312. The molecule has 3 rings (SSSR count). The van der Waals surface area contributed by atoms with Crippen molar-refractivity contribution in [3.05, 3.63) is 57.8 Å². The van der Waals surface area contributed by atoms with Crippen LogP contribution in [0.5, 0.6) is 0 Å². The zero-order chi connectivity index (χ0) is 16.4. The molecule has 0 spiro atoms. The van der Waals surface area contributed by atoms with Gasteiger partial charge in [0.1, 0.15) is 0 Å². The number of aryl methyl sites for hydroxylation is 2. The molecule has 1 amide bonds. The van der Waals surface area contributed by atoms with Gasteiger partial charge in [0.15, 0.2) is 0 Å². The summed E-state index contributed by atoms with van der Waals surface area (Å²) < 4.78 is 3.60. The van der Waals surface area contributed by atoms with Gasteiger partial charge in [0.05, 0.1) is 17.3 Å². The number of carbonyl (C=O) groups excluding carboxylic acids is 1. The molecule has 1 atom stereocenters. The van der Waals surface area contributed by atoms with Gasteiger partial charge in [-0.1, -0.05) is 0 Å². The maximum absolute atomic E-state index is 12.6. The van der Waals surface area contributed by atoms with Crippen LogP contribution in [0.25, 0.3) is 0 Å². The lowest BCUT2D eigenvalue weighted by Gasteiger charge is -2.17. The highest BCUT2D eigenvalue weighted by Crippen LogP contribution is 2.20. The van der Waals surface area contributed by atoms with E-state index in [4.69, 9.17) is 0 Å². The van der Waals surface area contributed by atoms with Crippen LogP contribution in [-0.2, 0) is 7.05 Å². The highest BCUT2D eigenvalue weighted by molar-refractivity contribution is 7.07. The van der Waals surface area contributed by atoms with Crippen LogP contribution in [0.15, 0.2) is 35.3 Å². The number of amides is 1. The predicted octanol–water partition coefficient (Wildman–Crippen LogP) is 2.31. The molecular weight excluding hydrogens is 310 g/mol. The van der Waals surface area contributed by atoms with Crippen LogP contribution in [0.4, 0.5) is 0 Å². The van der Waals surface area contributed by atoms with Crippen LogP contribution in [0.2, 0.25) is 0 Å². The van der Waals surface area contributed by atoms with Gasteiger partial charge in [-0.25, -0.2) is 0 Å². The van der Waals surface area contributed by atoms with Crippen molar-refractivity contribution in [3.63, 3.8) is 0 Å². The molecule has 6 nitrogen and oxygen atoms in total. The predicted molar refractivity (Wildman–Crippen MR) is 89.7 cm³/mol. The molecule has 0 saturated carbocycles. The van der Waals surface area contributed by atoms with Crippen molar-refractivity contribution < 1.29 is 4.79 Å². The Morgan fingerprint density at radius 3 is 2.83 bits per heavy atom. The van der Waals surface area contributed by atoms with Gasteiger partial charge in [-0.05, 0) is 42.3 Å². The first-order valence-electron chi connectivity index (χ1n) is 7.37. The first-order valence-corrected chi connectivity index (χ1v) is 8.32. The number of nitrogens with zero attached hydrogens (tertiary/aromatic N) is 4. The molecule has 0 unspecified atom stereocenters. The average Bonchev–Trinajstić information content (AvgIpc) is 3.24. The summed E-state index contributed by atoms with van der Waals surface area (Å²) in [5.74, 6) is -0.0968. The fourth-order valence-corrected chi connectivity index (χ4v) is 3.38. The van der Waals surface area contributed by atoms with Gasteiger partial charge < -0.3 is 5.32 Å². The van der Waals surface area contributed by atoms with E-state index in [0.717, 1.165) is 17.0 Å². The second-order valence-electron chi connectivity index (χ2n) is 5.44. The molecule has 0 aliphatic rings. The van der Waals surface area contributed by atoms with Crippen molar-refractivity contribution >= 4 is 17.2 Å². The van der Waals surface area contributed by atoms with Gasteiger partial charge in [0.25, 0.3) is 5.91 Å². The number of hydrogen-bond donors (Lipinski definition) is 1. The van der Waals surface area contributed by atoms with E-state index in [9.17, 15) is 4.79 Å². The Labute approximate surface area is 138 Å². The Bertz CT molecular complexity index is 755. The van der Waals surface area contributed by atoms with Crippen LogP contribution in [-0.4, -0.2) is 32.0 Å². The van der Waals surface area contributed by atoms with Gasteiger partial charge in [-0.15, -0.1) is 0 Å². The largest absolute Gasteiger partial charge is 0.349 e. The molecule has 0 fully saturated rings. The summed E-state index contributed by atoms with van der Waals surface area (Å²) in [6, 6.07) is 3.93. The minimum absolute atomic E-state index is 0.0162. The molecule has 0 aliphatic heterocycles. The summed E-state index contributed by atoms with van der Waals surface area (Å²) in [4.78, 5) is 12.6. The molecule has 3 aromatic heterocycles. The van der Waals surface area contributed by atoms with Crippen LogP contribution in [0.1, 0.15) is 33.4 Å². The summed E-state index contributed by atoms with van der Waals surface area (Å²) in [5.41, 5.74) is 3.40. The number of aromatic nitrogens is 4. The average molecular weight is 329 g/mol. The van der Waals surface area contributed by atoms with Crippen molar-refractivity contribution in [1.29, 1.82) is 0 Å². The van der Waals surface area contributed by atoms with E-state index in [-0.39, 0.29) is 11.9 Å².